The summed E-state index contributed by atoms with van der Waals surface area (Å²) in [5, 5.41) is 5.56. The van der Waals surface area contributed by atoms with Gasteiger partial charge >= 0.3 is 37.9 Å². The summed E-state index contributed by atoms with van der Waals surface area (Å²) in [4.78, 5) is 0. The molecule has 0 atom stereocenters. The third-order valence-electron chi connectivity index (χ3n) is 8.67. The number of halogens is 2. The Hall–Kier alpha value is -2.22. The fourth-order valence-corrected chi connectivity index (χ4v) is 6.39. The maximum absolute atomic E-state index is 4.93. The van der Waals surface area contributed by atoms with Gasteiger partial charge in [0, 0.05) is 9.52 Å². The molecule has 0 aliphatic rings. The van der Waals surface area contributed by atoms with Gasteiger partial charge < -0.3 is 0 Å². The molecule has 0 fully saturated rings. The first kappa shape index (κ1) is 39.2. The molecule has 0 amide bonds. The molecule has 6 aromatic rings. The second-order valence-electron chi connectivity index (χ2n) is 11.9. The monoisotopic (exact) mass is 754 g/mol. The van der Waals surface area contributed by atoms with Crippen LogP contribution in [0.5, 0.6) is 0 Å². The molecule has 0 spiro atoms. The molecule has 0 nitrogen and oxygen atoms in total. The van der Waals surface area contributed by atoms with E-state index in [0.717, 1.165) is 19.3 Å². The number of benzene rings is 4. The second kappa shape index (κ2) is 20.3. The Bertz CT molecular complexity index is 1790. The maximum atomic E-state index is 4.93. The summed E-state index contributed by atoms with van der Waals surface area (Å²) in [6, 6.07) is 38.9. The zero-order valence-corrected chi connectivity index (χ0v) is 34.5. The molecule has 244 valence electrons. The van der Waals surface area contributed by atoms with Crippen molar-refractivity contribution in [2.45, 2.75) is 86.7 Å². The van der Waals surface area contributed by atoms with Crippen LogP contribution in [0.15, 0.2) is 97.1 Å². The average molecular weight is 757 g/mol. The van der Waals surface area contributed by atoms with Crippen LogP contribution in [-0.4, -0.2) is 9.52 Å². The fraction of sp³-hybridized carbons (Fsp3) is 0.302. The van der Waals surface area contributed by atoms with E-state index < -0.39 is 20.8 Å². The van der Waals surface area contributed by atoms with E-state index in [1.165, 1.54) is 98.8 Å². The average Bonchev–Trinajstić information content (AvgIpc) is 3.72. The molecule has 0 heterocycles. The Balaban J connectivity index is 0.000000209. The fourth-order valence-electron chi connectivity index (χ4n) is 5.89. The van der Waals surface area contributed by atoms with E-state index in [4.69, 9.17) is 17.0 Å². The third-order valence-corrected chi connectivity index (χ3v) is 9.67. The van der Waals surface area contributed by atoms with Crippen molar-refractivity contribution in [1.82, 2.24) is 0 Å². The Kier molecular flexibility index (Phi) is 17.0. The molecule has 0 saturated carbocycles. The molecule has 0 saturated heterocycles. The van der Waals surface area contributed by atoms with E-state index in [-0.39, 0.29) is 0 Å². The molecular formula is C43H50Cl2SiZr. The molecule has 0 aliphatic carbocycles. The molecular weight excluding hydrogens is 707 g/mol. The summed E-state index contributed by atoms with van der Waals surface area (Å²) in [7, 11) is 11.1. The number of hydrogen-bond acceptors (Lipinski definition) is 0. The van der Waals surface area contributed by atoms with E-state index in [2.05, 4.69) is 152 Å². The Morgan fingerprint density at radius 2 is 0.979 bits per heavy atom. The van der Waals surface area contributed by atoms with Crippen molar-refractivity contribution in [3.63, 3.8) is 0 Å². The van der Waals surface area contributed by atoms with Crippen molar-refractivity contribution in [3.05, 3.63) is 130 Å². The SMILES string of the molecule is CC[Si]CC.CCc1ccc(-c2ccc(C)c3[cH-]c(C)cc23)cc1.CCc1ccc(-c2ccc(C)c3[cH-]c(CC)cc23)cc1.[Cl][Zr+2][Cl]. The van der Waals surface area contributed by atoms with Gasteiger partial charge in [-0.2, -0.15) is 12.1 Å². The normalized spacial score (nSPS) is 10.3. The Morgan fingerprint density at radius 3 is 1.36 bits per heavy atom. The van der Waals surface area contributed by atoms with Crippen molar-refractivity contribution in [2.24, 2.45) is 0 Å². The molecule has 6 aromatic carbocycles. The molecule has 47 heavy (non-hydrogen) atoms. The van der Waals surface area contributed by atoms with Crippen molar-refractivity contribution < 1.29 is 20.8 Å². The van der Waals surface area contributed by atoms with Crippen LogP contribution in [0.4, 0.5) is 0 Å². The molecule has 2 radical (unpaired) electrons. The van der Waals surface area contributed by atoms with Crippen LogP contribution in [0.25, 0.3) is 43.8 Å². The van der Waals surface area contributed by atoms with Crippen LogP contribution in [0.1, 0.15) is 68.0 Å². The summed E-state index contributed by atoms with van der Waals surface area (Å²) >= 11 is -0.826. The van der Waals surface area contributed by atoms with Gasteiger partial charge in [-0.25, -0.2) is 0 Å². The van der Waals surface area contributed by atoms with Gasteiger partial charge in [-0.15, -0.1) is 68.1 Å². The topological polar surface area (TPSA) is 0 Å². The van der Waals surface area contributed by atoms with Crippen molar-refractivity contribution >= 4 is 48.1 Å². The van der Waals surface area contributed by atoms with Gasteiger partial charge in [0.1, 0.15) is 0 Å². The predicted molar refractivity (Wildman–Crippen MR) is 211 cm³/mol. The Morgan fingerprint density at radius 1 is 0.553 bits per heavy atom. The second-order valence-corrected chi connectivity index (χ2v) is 17.5. The molecule has 0 aromatic heterocycles. The van der Waals surface area contributed by atoms with E-state index >= 15 is 0 Å². The molecule has 6 rings (SSSR count). The number of fused-ring (bicyclic) bond motifs is 2. The van der Waals surface area contributed by atoms with E-state index in [0.29, 0.717) is 0 Å². The van der Waals surface area contributed by atoms with Crippen LogP contribution in [0, 0.1) is 20.8 Å². The van der Waals surface area contributed by atoms with Crippen LogP contribution in [0.3, 0.4) is 0 Å². The summed E-state index contributed by atoms with van der Waals surface area (Å²) in [5.41, 5.74) is 13.6. The van der Waals surface area contributed by atoms with Gasteiger partial charge in [0.05, 0.1) is 0 Å². The van der Waals surface area contributed by atoms with Crippen LogP contribution < -0.4 is 0 Å². The van der Waals surface area contributed by atoms with E-state index in [1.807, 2.05) is 0 Å². The first-order valence-electron chi connectivity index (χ1n) is 17.0. The van der Waals surface area contributed by atoms with Gasteiger partial charge in [0.15, 0.2) is 0 Å². The zero-order chi connectivity index (χ0) is 34.3. The zero-order valence-electron chi connectivity index (χ0n) is 29.5. The van der Waals surface area contributed by atoms with Crippen molar-refractivity contribution in [1.29, 1.82) is 0 Å². The van der Waals surface area contributed by atoms with Crippen LogP contribution in [-0.2, 0) is 40.1 Å². The van der Waals surface area contributed by atoms with Gasteiger partial charge in [0.25, 0.3) is 0 Å². The van der Waals surface area contributed by atoms with E-state index in [1.54, 1.807) is 0 Å². The quantitative estimate of drug-likeness (QED) is 0.112. The number of aryl methyl sites for hydroxylation is 6. The molecule has 0 aliphatic heterocycles. The summed E-state index contributed by atoms with van der Waals surface area (Å²) in [6.07, 6.45) is 3.29. The molecule has 4 heteroatoms. The predicted octanol–water partition coefficient (Wildman–Crippen LogP) is 14.0. The van der Waals surface area contributed by atoms with Crippen molar-refractivity contribution in [2.75, 3.05) is 0 Å². The first-order chi connectivity index (χ1) is 22.7. The van der Waals surface area contributed by atoms with Crippen LogP contribution in [0.2, 0.25) is 12.1 Å². The third kappa shape index (κ3) is 10.9. The Labute approximate surface area is 306 Å². The molecule has 0 N–H and O–H groups in total. The first-order valence-corrected chi connectivity index (χ1v) is 24.7. The van der Waals surface area contributed by atoms with Crippen molar-refractivity contribution in [3.8, 4) is 22.3 Å². The van der Waals surface area contributed by atoms with Gasteiger partial charge in [-0.1, -0.05) is 139 Å². The van der Waals surface area contributed by atoms with Gasteiger partial charge in [0.2, 0.25) is 0 Å². The minimum absolute atomic E-state index is 0.826. The van der Waals surface area contributed by atoms with Crippen LogP contribution >= 0.6 is 17.0 Å². The number of rotatable bonds is 7. The summed E-state index contributed by atoms with van der Waals surface area (Å²) in [6.45, 7) is 17.6. The van der Waals surface area contributed by atoms with Gasteiger partial charge in [-0.05, 0) is 41.5 Å². The molecule has 0 bridgehead atoms. The standard InChI is InChI=1S/C20H21.C19H19.C4H10Si.2ClH.Zr/c1-4-15-7-9-17(10-8-15)18-11-6-14(3)19-12-16(5-2)13-20(18)19;1-4-15-6-8-16(9-7-15)17-10-5-14(3)18-11-13(2)12-19(17)18;1-3-5-4-2;;;/h6-13H,4-5H2,1-3H3;5-12H,4H2,1-3H3;3-4H2,1-2H3;2*1H;/q2*-1;;;;+4/p-2. The summed E-state index contributed by atoms with van der Waals surface area (Å²) < 4.78 is 0. The minimum atomic E-state index is -0.826. The molecule has 0 unspecified atom stereocenters. The number of hydrogen-bond donors (Lipinski definition) is 0. The summed E-state index contributed by atoms with van der Waals surface area (Å²) in [5.74, 6) is 0. The van der Waals surface area contributed by atoms with E-state index in [9.17, 15) is 0 Å². The van der Waals surface area contributed by atoms with Gasteiger partial charge in [-0.3, -0.25) is 0 Å².